The standard InChI is InChI=1S/C16H21N3O2/c20-16(12-2-1-4-17-6-12)19-9-13-7-18(8-14(13)10-19)15-3-5-21-11-15/h1-2,4,6,13-15H,3,5,7-11H2/t13-,14+,15?. The maximum Gasteiger partial charge on any atom is 0.255 e. The molecule has 112 valence electrons. The second-order valence-corrected chi connectivity index (χ2v) is 6.44. The summed E-state index contributed by atoms with van der Waals surface area (Å²) in [6.45, 7) is 5.82. The van der Waals surface area contributed by atoms with Gasteiger partial charge in [0.25, 0.3) is 5.91 Å². The van der Waals surface area contributed by atoms with Crippen molar-refractivity contribution in [3.8, 4) is 0 Å². The fourth-order valence-corrected chi connectivity index (χ4v) is 3.98. The van der Waals surface area contributed by atoms with Crippen LogP contribution in [0.2, 0.25) is 0 Å². The van der Waals surface area contributed by atoms with Crippen LogP contribution in [0.5, 0.6) is 0 Å². The van der Waals surface area contributed by atoms with Gasteiger partial charge in [-0.1, -0.05) is 0 Å². The molecular weight excluding hydrogens is 266 g/mol. The molecule has 21 heavy (non-hydrogen) atoms. The smallest absolute Gasteiger partial charge is 0.255 e. The summed E-state index contributed by atoms with van der Waals surface area (Å²) in [5.74, 6) is 1.39. The second kappa shape index (κ2) is 5.39. The molecule has 1 aromatic rings. The van der Waals surface area contributed by atoms with Gasteiger partial charge in [-0.3, -0.25) is 14.7 Å². The van der Waals surface area contributed by atoms with Gasteiger partial charge < -0.3 is 9.64 Å². The number of carbonyl (C=O) groups excluding carboxylic acids is 1. The number of rotatable bonds is 2. The van der Waals surface area contributed by atoms with E-state index >= 15 is 0 Å². The highest BCUT2D eigenvalue weighted by Crippen LogP contribution is 2.34. The summed E-state index contributed by atoms with van der Waals surface area (Å²) in [6, 6.07) is 4.29. The third-order valence-corrected chi connectivity index (χ3v) is 5.13. The summed E-state index contributed by atoms with van der Waals surface area (Å²) in [5, 5.41) is 0. The molecule has 3 atom stereocenters. The largest absolute Gasteiger partial charge is 0.380 e. The van der Waals surface area contributed by atoms with Crippen LogP contribution in [0.1, 0.15) is 16.8 Å². The Hall–Kier alpha value is -1.46. The maximum atomic E-state index is 12.5. The number of nitrogens with zero attached hydrogens (tertiary/aromatic N) is 3. The highest BCUT2D eigenvalue weighted by atomic mass is 16.5. The Morgan fingerprint density at radius 3 is 2.67 bits per heavy atom. The molecule has 5 heteroatoms. The molecule has 0 aromatic carbocycles. The van der Waals surface area contributed by atoms with E-state index in [-0.39, 0.29) is 5.91 Å². The zero-order chi connectivity index (χ0) is 14.2. The lowest BCUT2D eigenvalue weighted by molar-refractivity contribution is 0.0766. The summed E-state index contributed by atoms with van der Waals surface area (Å²) in [5.41, 5.74) is 0.707. The van der Waals surface area contributed by atoms with Crippen LogP contribution >= 0.6 is 0 Å². The van der Waals surface area contributed by atoms with Gasteiger partial charge in [0.05, 0.1) is 12.2 Å². The third kappa shape index (κ3) is 2.45. The predicted molar refractivity (Wildman–Crippen MR) is 77.9 cm³/mol. The highest BCUT2D eigenvalue weighted by Gasteiger charge is 2.43. The van der Waals surface area contributed by atoms with Gasteiger partial charge in [-0.2, -0.15) is 0 Å². The average molecular weight is 287 g/mol. The Morgan fingerprint density at radius 1 is 1.24 bits per heavy atom. The minimum absolute atomic E-state index is 0.133. The summed E-state index contributed by atoms with van der Waals surface area (Å²) in [6.07, 6.45) is 4.54. The van der Waals surface area contributed by atoms with Gasteiger partial charge in [0, 0.05) is 51.2 Å². The first-order valence-electron chi connectivity index (χ1n) is 7.82. The molecular formula is C16H21N3O2. The van der Waals surface area contributed by atoms with Crippen molar-refractivity contribution in [1.82, 2.24) is 14.8 Å². The molecule has 0 spiro atoms. The van der Waals surface area contributed by atoms with Crippen molar-refractivity contribution in [2.45, 2.75) is 12.5 Å². The molecule has 3 aliphatic rings. The van der Waals surface area contributed by atoms with Crippen molar-refractivity contribution in [3.63, 3.8) is 0 Å². The van der Waals surface area contributed by atoms with Gasteiger partial charge in [0.2, 0.25) is 0 Å². The van der Waals surface area contributed by atoms with E-state index in [1.54, 1.807) is 12.4 Å². The molecule has 0 N–H and O–H groups in total. The van der Waals surface area contributed by atoms with Crippen molar-refractivity contribution in [2.24, 2.45) is 11.8 Å². The number of aromatic nitrogens is 1. The molecule has 3 fully saturated rings. The lowest BCUT2D eigenvalue weighted by Crippen LogP contribution is -2.38. The summed E-state index contributed by atoms with van der Waals surface area (Å²) in [7, 11) is 0. The van der Waals surface area contributed by atoms with Crippen LogP contribution in [-0.4, -0.2) is 66.1 Å². The number of hydrogen-bond donors (Lipinski definition) is 0. The van der Waals surface area contributed by atoms with Crippen molar-refractivity contribution < 1.29 is 9.53 Å². The third-order valence-electron chi connectivity index (χ3n) is 5.13. The quantitative estimate of drug-likeness (QED) is 0.810. The van der Waals surface area contributed by atoms with E-state index < -0.39 is 0 Å². The Balaban J connectivity index is 1.38. The fraction of sp³-hybridized carbons (Fsp3) is 0.625. The van der Waals surface area contributed by atoms with Crippen LogP contribution < -0.4 is 0 Å². The van der Waals surface area contributed by atoms with E-state index in [0.717, 1.165) is 45.8 Å². The second-order valence-electron chi connectivity index (χ2n) is 6.44. The van der Waals surface area contributed by atoms with Crippen LogP contribution in [0, 0.1) is 11.8 Å². The molecule has 0 bridgehead atoms. The molecule has 0 saturated carbocycles. The van der Waals surface area contributed by atoms with Gasteiger partial charge in [-0.05, 0) is 30.4 Å². The first-order chi connectivity index (χ1) is 10.3. The SMILES string of the molecule is O=C(c1cccnc1)N1C[C@@H]2CN(C3CCOC3)C[C@@H]2C1. The number of likely N-dealkylation sites (tertiary alicyclic amines) is 2. The molecule has 5 nitrogen and oxygen atoms in total. The Morgan fingerprint density at radius 2 is 2.05 bits per heavy atom. The summed E-state index contributed by atoms with van der Waals surface area (Å²) < 4.78 is 5.50. The van der Waals surface area contributed by atoms with E-state index in [9.17, 15) is 4.79 Å². The van der Waals surface area contributed by atoms with Gasteiger partial charge in [-0.25, -0.2) is 0 Å². The number of fused-ring (bicyclic) bond motifs is 1. The maximum absolute atomic E-state index is 12.5. The van der Waals surface area contributed by atoms with E-state index in [4.69, 9.17) is 4.74 Å². The van der Waals surface area contributed by atoms with E-state index in [2.05, 4.69) is 9.88 Å². The number of amides is 1. The molecule has 1 amide bonds. The van der Waals surface area contributed by atoms with Gasteiger partial charge in [0.15, 0.2) is 0 Å². The van der Waals surface area contributed by atoms with Crippen LogP contribution in [0.3, 0.4) is 0 Å². The molecule has 4 rings (SSSR count). The zero-order valence-corrected chi connectivity index (χ0v) is 12.1. The molecule has 0 radical (unpaired) electrons. The molecule has 3 saturated heterocycles. The Bertz CT molecular complexity index is 502. The van der Waals surface area contributed by atoms with E-state index in [0.29, 0.717) is 23.4 Å². The van der Waals surface area contributed by atoms with Crippen LogP contribution in [0.15, 0.2) is 24.5 Å². The first kappa shape index (κ1) is 13.2. The molecule has 0 aliphatic carbocycles. The summed E-state index contributed by atoms with van der Waals surface area (Å²) >= 11 is 0. The van der Waals surface area contributed by atoms with Crippen molar-refractivity contribution >= 4 is 5.91 Å². The Kier molecular flexibility index (Phi) is 3.39. The van der Waals surface area contributed by atoms with Crippen molar-refractivity contribution in [1.29, 1.82) is 0 Å². The van der Waals surface area contributed by atoms with E-state index in [1.807, 2.05) is 17.0 Å². The molecule has 3 aliphatic heterocycles. The van der Waals surface area contributed by atoms with Gasteiger partial charge in [0.1, 0.15) is 0 Å². The van der Waals surface area contributed by atoms with Crippen molar-refractivity contribution in [2.75, 3.05) is 39.4 Å². The Labute approximate surface area is 124 Å². The number of ether oxygens (including phenoxy) is 1. The molecule has 1 unspecified atom stereocenters. The number of carbonyl (C=O) groups is 1. The normalized spacial score (nSPS) is 32.6. The summed E-state index contributed by atoms with van der Waals surface area (Å²) in [4.78, 5) is 21.1. The monoisotopic (exact) mass is 287 g/mol. The van der Waals surface area contributed by atoms with Crippen LogP contribution in [0.4, 0.5) is 0 Å². The highest BCUT2D eigenvalue weighted by molar-refractivity contribution is 5.94. The van der Waals surface area contributed by atoms with Crippen molar-refractivity contribution in [3.05, 3.63) is 30.1 Å². The van der Waals surface area contributed by atoms with E-state index in [1.165, 1.54) is 0 Å². The minimum atomic E-state index is 0.133. The zero-order valence-electron chi connectivity index (χ0n) is 12.1. The minimum Gasteiger partial charge on any atom is -0.380 e. The van der Waals surface area contributed by atoms with Gasteiger partial charge >= 0.3 is 0 Å². The van der Waals surface area contributed by atoms with Crippen LogP contribution in [-0.2, 0) is 4.74 Å². The number of hydrogen-bond acceptors (Lipinski definition) is 4. The first-order valence-corrected chi connectivity index (χ1v) is 7.82. The topological polar surface area (TPSA) is 45.7 Å². The van der Waals surface area contributed by atoms with Crippen LogP contribution in [0.25, 0.3) is 0 Å². The van der Waals surface area contributed by atoms with Gasteiger partial charge in [-0.15, -0.1) is 0 Å². The fourth-order valence-electron chi connectivity index (χ4n) is 3.98. The number of pyridine rings is 1. The average Bonchev–Trinajstić information content (AvgIpc) is 3.22. The lowest BCUT2D eigenvalue weighted by Gasteiger charge is -2.25. The molecule has 1 aromatic heterocycles. The predicted octanol–water partition coefficient (Wildman–Crippen LogP) is 0.874. The lowest BCUT2D eigenvalue weighted by atomic mass is 10.0. The molecule has 4 heterocycles.